The zero-order valence-corrected chi connectivity index (χ0v) is 10.9. The van der Waals surface area contributed by atoms with Crippen LogP contribution in [0.25, 0.3) is 0 Å². The fourth-order valence-electron chi connectivity index (χ4n) is 1.72. The van der Waals surface area contributed by atoms with E-state index in [1.165, 1.54) is 5.56 Å². The number of urea groups is 1. The molecule has 0 aliphatic heterocycles. The van der Waals surface area contributed by atoms with Gasteiger partial charge in [0.15, 0.2) is 0 Å². The minimum atomic E-state index is -0.223. The summed E-state index contributed by atoms with van der Waals surface area (Å²) in [5, 5.41) is 5.58. The van der Waals surface area contributed by atoms with E-state index in [-0.39, 0.29) is 6.03 Å². The standard InChI is InChI=1S/C15H17N3O/c1-2-12-6-5-8-13(10-12)18-15(19)17-11-14-7-3-4-9-16-14/h3-10H,2,11H2,1H3,(H2,17,18,19). The van der Waals surface area contributed by atoms with Crippen molar-refractivity contribution in [1.29, 1.82) is 0 Å². The van der Waals surface area contributed by atoms with E-state index in [2.05, 4.69) is 22.5 Å². The van der Waals surface area contributed by atoms with Gasteiger partial charge in [-0.25, -0.2) is 4.79 Å². The van der Waals surface area contributed by atoms with Crippen LogP contribution in [0.2, 0.25) is 0 Å². The van der Waals surface area contributed by atoms with Gasteiger partial charge < -0.3 is 10.6 Å². The number of aryl methyl sites for hydroxylation is 1. The molecular weight excluding hydrogens is 238 g/mol. The largest absolute Gasteiger partial charge is 0.332 e. The summed E-state index contributed by atoms with van der Waals surface area (Å²) in [4.78, 5) is 15.9. The molecule has 1 aromatic carbocycles. The van der Waals surface area contributed by atoms with Gasteiger partial charge in [0.05, 0.1) is 12.2 Å². The summed E-state index contributed by atoms with van der Waals surface area (Å²) in [5.74, 6) is 0. The van der Waals surface area contributed by atoms with Gasteiger partial charge in [-0.15, -0.1) is 0 Å². The second kappa shape index (κ2) is 6.54. The van der Waals surface area contributed by atoms with Crippen LogP contribution in [0, 0.1) is 0 Å². The van der Waals surface area contributed by atoms with Crippen LogP contribution in [0.3, 0.4) is 0 Å². The Morgan fingerprint density at radius 3 is 2.84 bits per heavy atom. The van der Waals surface area contributed by atoms with Crippen LogP contribution in [0.4, 0.5) is 10.5 Å². The van der Waals surface area contributed by atoms with Crippen molar-refractivity contribution in [3.8, 4) is 0 Å². The van der Waals surface area contributed by atoms with Gasteiger partial charge in [0, 0.05) is 11.9 Å². The Morgan fingerprint density at radius 1 is 1.21 bits per heavy atom. The maximum absolute atomic E-state index is 11.7. The smallest absolute Gasteiger partial charge is 0.319 e. The van der Waals surface area contributed by atoms with Crippen LogP contribution in [0.1, 0.15) is 18.2 Å². The third-order valence-electron chi connectivity index (χ3n) is 2.75. The molecule has 0 unspecified atom stereocenters. The predicted octanol–water partition coefficient (Wildman–Crippen LogP) is 2.97. The minimum Gasteiger partial charge on any atom is -0.332 e. The highest BCUT2D eigenvalue weighted by molar-refractivity contribution is 5.89. The predicted molar refractivity (Wildman–Crippen MR) is 75.9 cm³/mol. The van der Waals surface area contributed by atoms with Crippen LogP contribution in [-0.4, -0.2) is 11.0 Å². The van der Waals surface area contributed by atoms with E-state index in [1.807, 2.05) is 42.5 Å². The number of benzene rings is 1. The van der Waals surface area contributed by atoms with Crippen molar-refractivity contribution >= 4 is 11.7 Å². The topological polar surface area (TPSA) is 54.0 Å². The van der Waals surface area contributed by atoms with Crippen molar-refractivity contribution in [3.63, 3.8) is 0 Å². The Bertz CT molecular complexity index is 540. The SMILES string of the molecule is CCc1cccc(NC(=O)NCc2ccccn2)c1. The van der Waals surface area contributed by atoms with Crippen LogP contribution in [0.5, 0.6) is 0 Å². The van der Waals surface area contributed by atoms with Gasteiger partial charge in [-0.1, -0.05) is 25.1 Å². The van der Waals surface area contributed by atoms with Crippen LogP contribution < -0.4 is 10.6 Å². The molecule has 0 atom stereocenters. The number of carbonyl (C=O) groups is 1. The first-order valence-electron chi connectivity index (χ1n) is 6.31. The Morgan fingerprint density at radius 2 is 2.11 bits per heavy atom. The third-order valence-corrected chi connectivity index (χ3v) is 2.75. The van der Waals surface area contributed by atoms with E-state index in [9.17, 15) is 4.79 Å². The van der Waals surface area contributed by atoms with Crippen LogP contribution in [0.15, 0.2) is 48.7 Å². The van der Waals surface area contributed by atoms with Gasteiger partial charge in [-0.05, 0) is 36.2 Å². The van der Waals surface area contributed by atoms with E-state index in [0.717, 1.165) is 17.8 Å². The maximum atomic E-state index is 11.7. The van der Waals surface area contributed by atoms with Gasteiger partial charge in [0.1, 0.15) is 0 Å². The van der Waals surface area contributed by atoms with Gasteiger partial charge >= 0.3 is 6.03 Å². The Labute approximate surface area is 112 Å². The number of nitrogens with zero attached hydrogens (tertiary/aromatic N) is 1. The highest BCUT2D eigenvalue weighted by Crippen LogP contribution is 2.10. The number of carbonyl (C=O) groups excluding carboxylic acids is 1. The molecule has 4 heteroatoms. The third kappa shape index (κ3) is 4.10. The van der Waals surface area contributed by atoms with E-state index in [1.54, 1.807) is 6.20 Å². The molecule has 2 N–H and O–H groups in total. The van der Waals surface area contributed by atoms with Crippen LogP contribution >= 0.6 is 0 Å². The molecule has 2 aromatic rings. The minimum absolute atomic E-state index is 0.223. The summed E-state index contributed by atoms with van der Waals surface area (Å²) >= 11 is 0. The lowest BCUT2D eigenvalue weighted by atomic mass is 10.1. The highest BCUT2D eigenvalue weighted by Gasteiger charge is 2.02. The zero-order chi connectivity index (χ0) is 13.5. The molecular formula is C15H17N3O. The van der Waals surface area contributed by atoms with Crippen molar-refractivity contribution in [2.75, 3.05) is 5.32 Å². The fourth-order valence-corrected chi connectivity index (χ4v) is 1.72. The summed E-state index contributed by atoms with van der Waals surface area (Å²) in [6.45, 7) is 2.50. The van der Waals surface area contributed by atoms with E-state index in [4.69, 9.17) is 0 Å². The van der Waals surface area contributed by atoms with E-state index in [0.29, 0.717) is 6.54 Å². The number of amides is 2. The molecule has 0 bridgehead atoms. The molecule has 0 saturated carbocycles. The fraction of sp³-hybridized carbons (Fsp3) is 0.200. The number of anilines is 1. The Hall–Kier alpha value is -2.36. The molecule has 0 saturated heterocycles. The first kappa shape index (κ1) is 13.1. The lowest BCUT2D eigenvalue weighted by Gasteiger charge is -2.08. The second-order valence-corrected chi connectivity index (χ2v) is 4.18. The van der Waals surface area contributed by atoms with E-state index >= 15 is 0 Å². The van der Waals surface area contributed by atoms with Gasteiger partial charge in [0.2, 0.25) is 0 Å². The molecule has 4 nitrogen and oxygen atoms in total. The first-order valence-corrected chi connectivity index (χ1v) is 6.31. The first-order chi connectivity index (χ1) is 9.28. The molecule has 1 heterocycles. The summed E-state index contributed by atoms with van der Waals surface area (Å²) in [6.07, 6.45) is 2.66. The quantitative estimate of drug-likeness (QED) is 0.882. The van der Waals surface area contributed by atoms with Crippen molar-refractivity contribution in [2.45, 2.75) is 19.9 Å². The van der Waals surface area contributed by atoms with Crippen molar-refractivity contribution in [2.24, 2.45) is 0 Å². The zero-order valence-electron chi connectivity index (χ0n) is 10.9. The molecule has 98 valence electrons. The van der Waals surface area contributed by atoms with Crippen molar-refractivity contribution < 1.29 is 4.79 Å². The molecule has 1 aromatic heterocycles. The average Bonchev–Trinajstić information content (AvgIpc) is 2.46. The summed E-state index contributed by atoms with van der Waals surface area (Å²) in [5.41, 5.74) is 2.83. The van der Waals surface area contributed by atoms with Gasteiger partial charge in [-0.3, -0.25) is 4.98 Å². The lowest BCUT2D eigenvalue weighted by molar-refractivity contribution is 0.251. The summed E-state index contributed by atoms with van der Waals surface area (Å²) < 4.78 is 0. The van der Waals surface area contributed by atoms with Crippen molar-refractivity contribution in [1.82, 2.24) is 10.3 Å². The number of hydrogen-bond donors (Lipinski definition) is 2. The number of pyridine rings is 1. The molecule has 2 amide bonds. The molecule has 19 heavy (non-hydrogen) atoms. The number of rotatable bonds is 4. The molecule has 0 fully saturated rings. The summed E-state index contributed by atoms with van der Waals surface area (Å²) in [7, 11) is 0. The number of nitrogens with one attached hydrogen (secondary N) is 2. The molecule has 0 aliphatic rings. The van der Waals surface area contributed by atoms with Crippen molar-refractivity contribution in [3.05, 3.63) is 59.9 Å². The molecule has 0 aliphatic carbocycles. The lowest BCUT2D eigenvalue weighted by Crippen LogP contribution is -2.28. The molecule has 0 spiro atoms. The monoisotopic (exact) mass is 255 g/mol. The van der Waals surface area contributed by atoms with Crippen LogP contribution in [-0.2, 0) is 13.0 Å². The normalized spacial score (nSPS) is 9.95. The number of hydrogen-bond acceptors (Lipinski definition) is 2. The van der Waals surface area contributed by atoms with E-state index < -0.39 is 0 Å². The second-order valence-electron chi connectivity index (χ2n) is 4.18. The average molecular weight is 255 g/mol. The molecule has 0 radical (unpaired) electrons. The highest BCUT2D eigenvalue weighted by atomic mass is 16.2. The van der Waals surface area contributed by atoms with Gasteiger partial charge in [-0.2, -0.15) is 0 Å². The maximum Gasteiger partial charge on any atom is 0.319 e. The Balaban J connectivity index is 1.87. The summed E-state index contributed by atoms with van der Waals surface area (Å²) in [6, 6.07) is 13.2. The number of aromatic nitrogens is 1. The van der Waals surface area contributed by atoms with Gasteiger partial charge in [0.25, 0.3) is 0 Å². The Kier molecular flexibility index (Phi) is 4.50. The molecule has 2 rings (SSSR count).